The van der Waals surface area contributed by atoms with Crippen LogP contribution in [0.4, 0.5) is 4.79 Å². The minimum atomic E-state index is -1.82. The number of carboxylic acids is 2. The Balaban J connectivity index is 0. The Morgan fingerprint density at radius 1 is 0.917 bits per heavy atom. The molecule has 0 aromatic carbocycles. The third kappa shape index (κ3) is 11.0. The summed E-state index contributed by atoms with van der Waals surface area (Å²) in [7, 11) is 0. The summed E-state index contributed by atoms with van der Waals surface area (Å²) in [6.07, 6.45) is 0. The minimum absolute atomic E-state index is 0.602. The minimum Gasteiger partial charge on any atom is -0.473 e. The highest BCUT2D eigenvalue weighted by Crippen LogP contribution is 1.56. The Morgan fingerprint density at radius 3 is 1.17 bits per heavy atom. The maximum atomic E-state index is 9.71. The van der Waals surface area contributed by atoms with E-state index < -0.39 is 18.0 Å². The average Bonchev–Trinajstić information content (AvgIpc) is 2.04. The molecule has 8 N–H and O–H groups in total. The number of hydrogen-bond donors (Lipinski definition) is 6. The highest BCUT2D eigenvalue weighted by Gasteiger charge is 2.04. The van der Waals surface area contributed by atoms with Gasteiger partial charge in [0.25, 0.3) is 0 Å². The first-order valence-corrected chi connectivity index (χ1v) is 2.39. The third-order valence-corrected chi connectivity index (χ3v) is 0.445. The molecular weight excluding hydrogens is 172 g/mol. The van der Waals surface area contributed by atoms with E-state index in [0.717, 1.165) is 0 Å². The molecule has 12 heavy (non-hydrogen) atoms. The molecule has 0 aliphatic carbocycles. The molecule has 0 fully saturated rings. The molecule has 0 unspecified atom stereocenters. The van der Waals surface area contributed by atoms with E-state index in [-0.39, 0.29) is 0 Å². The highest BCUT2D eigenvalue weighted by atomic mass is 16.4. The molecule has 0 aliphatic heterocycles. The summed E-state index contributed by atoms with van der Waals surface area (Å²) >= 11 is 0. The van der Waals surface area contributed by atoms with Gasteiger partial charge in [0.2, 0.25) is 0 Å². The smallest absolute Gasteiger partial charge is 0.414 e. The van der Waals surface area contributed by atoms with Crippen molar-refractivity contribution in [2.24, 2.45) is 11.7 Å². The van der Waals surface area contributed by atoms with Gasteiger partial charge in [-0.1, -0.05) is 0 Å². The predicted molar refractivity (Wildman–Crippen MR) is 35.3 cm³/mol. The fourth-order valence-electron chi connectivity index (χ4n) is 0.0417. The van der Waals surface area contributed by atoms with Crippen molar-refractivity contribution in [2.75, 3.05) is 0 Å². The SMILES string of the molecule is NNC(=O)NN.O=C(O)C(=O)O. The van der Waals surface area contributed by atoms with E-state index in [1.807, 2.05) is 0 Å². The van der Waals surface area contributed by atoms with Crippen LogP contribution < -0.4 is 22.5 Å². The second-order valence-corrected chi connectivity index (χ2v) is 1.23. The number of carbonyl (C=O) groups is 3. The number of carboxylic acid groups (broad SMARTS) is 2. The van der Waals surface area contributed by atoms with Crippen LogP contribution in [0.15, 0.2) is 0 Å². The third-order valence-electron chi connectivity index (χ3n) is 0.445. The molecule has 0 spiro atoms. The van der Waals surface area contributed by atoms with Gasteiger partial charge in [-0.3, -0.25) is 10.9 Å². The van der Waals surface area contributed by atoms with E-state index >= 15 is 0 Å². The highest BCUT2D eigenvalue weighted by molar-refractivity contribution is 6.27. The van der Waals surface area contributed by atoms with Crippen LogP contribution in [-0.2, 0) is 9.59 Å². The van der Waals surface area contributed by atoms with E-state index in [1.165, 1.54) is 0 Å². The molecule has 70 valence electrons. The Hall–Kier alpha value is -1.87. The lowest BCUT2D eigenvalue weighted by atomic mass is 10.7. The fraction of sp³-hybridized carbons (Fsp3) is 0. The predicted octanol–water partition coefficient (Wildman–Crippen LogP) is -2.81. The van der Waals surface area contributed by atoms with Crippen molar-refractivity contribution in [3.05, 3.63) is 0 Å². The molecule has 0 radical (unpaired) electrons. The van der Waals surface area contributed by atoms with Crippen molar-refractivity contribution in [3.8, 4) is 0 Å². The number of rotatable bonds is 0. The van der Waals surface area contributed by atoms with Crippen molar-refractivity contribution >= 4 is 18.0 Å². The standard InChI is InChI=1S/C2H2O4.CH6N4O/c3-1(4)2(5)6;2-4-1(6)5-3/h(H,3,4)(H,5,6);2-3H2,(H2,4,5,6). The van der Waals surface area contributed by atoms with Gasteiger partial charge in [0.1, 0.15) is 0 Å². The van der Waals surface area contributed by atoms with Gasteiger partial charge >= 0.3 is 18.0 Å². The van der Waals surface area contributed by atoms with Crippen LogP contribution in [0.2, 0.25) is 0 Å². The molecule has 0 saturated heterocycles. The number of urea groups is 1. The summed E-state index contributed by atoms with van der Waals surface area (Å²) in [5.41, 5.74) is 3.48. The van der Waals surface area contributed by atoms with Crippen molar-refractivity contribution in [1.29, 1.82) is 0 Å². The van der Waals surface area contributed by atoms with E-state index in [2.05, 4.69) is 11.7 Å². The summed E-state index contributed by atoms with van der Waals surface area (Å²) in [5, 5.41) is 14.8. The molecule has 0 bridgehead atoms. The fourth-order valence-corrected chi connectivity index (χ4v) is 0.0417. The van der Waals surface area contributed by atoms with Gasteiger partial charge in [-0.15, -0.1) is 0 Å². The summed E-state index contributed by atoms with van der Waals surface area (Å²) in [4.78, 5) is 27.9. The second kappa shape index (κ2) is 7.24. The summed E-state index contributed by atoms with van der Waals surface area (Å²) in [5.74, 6) is 5.43. The van der Waals surface area contributed by atoms with Gasteiger partial charge in [-0.25, -0.2) is 26.1 Å². The van der Waals surface area contributed by atoms with Crippen LogP contribution in [0.3, 0.4) is 0 Å². The normalized spacial score (nSPS) is 7.17. The van der Waals surface area contributed by atoms with Crippen LogP contribution >= 0.6 is 0 Å². The van der Waals surface area contributed by atoms with Crippen LogP contribution in [0.1, 0.15) is 0 Å². The van der Waals surface area contributed by atoms with Crippen LogP contribution in [0, 0.1) is 0 Å². The number of amides is 2. The van der Waals surface area contributed by atoms with Gasteiger partial charge < -0.3 is 10.2 Å². The molecule has 0 rings (SSSR count). The number of nitrogens with one attached hydrogen (secondary N) is 2. The molecule has 2 amide bonds. The number of hydrazine groups is 2. The van der Waals surface area contributed by atoms with Crippen molar-refractivity contribution in [3.63, 3.8) is 0 Å². The number of nitrogens with two attached hydrogens (primary N) is 2. The van der Waals surface area contributed by atoms with E-state index in [1.54, 1.807) is 10.9 Å². The zero-order valence-electron chi connectivity index (χ0n) is 5.77. The first-order valence-electron chi connectivity index (χ1n) is 2.39. The Labute approximate surface area is 66.3 Å². The molecule has 9 heteroatoms. The molecule has 0 atom stereocenters. The zero-order chi connectivity index (χ0) is 10.1. The first kappa shape index (κ1) is 12.8. The van der Waals surface area contributed by atoms with Gasteiger partial charge in [0, 0.05) is 0 Å². The molecule has 9 nitrogen and oxygen atoms in total. The van der Waals surface area contributed by atoms with E-state index in [4.69, 9.17) is 19.8 Å². The average molecular weight is 180 g/mol. The van der Waals surface area contributed by atoms with E-state index in [9.17, 15) is 4.79 Å². The van der Waals surface area contributed by atoms with Crippen LogP contribution in [0.5, 0.6) is 0 Å². The lowest BCUT2D eigenvalue weighted by Gasteiger charge is -1.90. The van der Waals surface area contributed by atoms with Crippen molar-refractivity contribution in [2.45, 2.75) is 0 Å². The lowest BCUT2D eigenvalue weighted by molar-refractivity contribution is -0.159. The quantitative estimate of drug-likeness (QED) is 0.101. The zero-order valence-corrected chi connectivity index (χ0v) is 5.77. The van der Waals surface area contributed by atoms with Gasteiger partial charge in [0.05, 0.1) is 0 Å². The second-order valence-electron chi connectivity index (χ2n) is 1.23. The van der Waals surface area contributed by atoms with Crippen LogP contribution in [0.25, 0.3) is 0 Å². The van der Waals surface area contributed by atoms with Crippen molar-refractivity contribution < 1.29 is 24.6 Å². The maximum Gasteiger partial charge on any atom is 0.414 e. The first-order chi connectivity index (χ1) is 5.45. The summed E-state index contributed by atoms with van der Waals surface area (Å²) < 4.78 is 0. The maximum absolute atomic E-state index is 9.71. The van der Waals surface area contributed by atoms with Gasteiger partial charge in [-0.05, 0) is 0 Å². The Kier molecular flexibility index (Phi) is 7.71. The molecule has 0 saturated carbocycles. The van der Waals surface area contributed by atoms with Gasteiger partial charge in [0.15, 0.2) is 0 Å². The molecule has 0 aromatic rings. The van der Waals surface area contributed by atoms with Crippen molar-refractivity contribution in [1.82, 2.24) is 10.9 Å². The largest absolute Gasteiger partial charge is 0.473 e. The monoisotopic (exact) mass is 180 g/mol. The topological polar surface area (TPSA) is 168 Å². The van der Waals surface area contributed by atoms with E-state index in [0.29, 0.717) is 0 Å². The van der Waals surface area contributed by atoms with Gasteiger partial charge in [-0.2, -0.15) is 0 Å². The summed E-state index contributed by atoms with van der Waals surface area (Å²) in [6, 6.07) is -0.602. The molecule has 0 heterocycles. The lowest BCUT2D eigenvalue weighted by Crippen LogP contribution is -2.43. The number of hydrogen-bond acceptors (Lipinski definition) is 5. The number of aliphatic carboxylic acids is 2. The van der Waals surface area contributed by atoms with Crippen LogP contribution in [-0.4, -0.2) is 28.2 Å². The Morgan fingerprint density at radius 2 is 1.17 bits per heavy atom. The molecule has 0 aliphatic rings. The Bertz CT molecular complexity index is 162. The number of carbonyl (C=O) groups excluding carboxylic acids is 1. The molecule has 0 aromatic heterocycles. The molecular formula is C3H8N4O5. The summed E-state index contributed by atoms with van der Waals surface area (Å²) in [6.45, 7) is 0.